The van der Waals surface area contributed by atoms with E-state index in [4.69, 9.17) is 28.4 Å². The highest BCUT2D eigenvalue weighted by Gasteiger charge is 2.49. The number of carbonyl (C=O) groups excluding carboxylic acids is 1. The van der Waals surface area contributed by atoms with Gasteiger partial charge in [0.1, 0.15) is 49.3 Å². The van der Waals surface area contributed by atoms with Crippen LogP contribution in [0.5, 0.6) is 0 Å². The molecule has 0 amide bonds. The number of aliphatic carboxylic acids is 1. The predicted molar refractivity (Wildman–Crippen MR) is 139 cm³/mol. The summed E-state index contributed by atoms with van der Waals surface area (Å²) in [6, 6.07) is 8.30. The maximum Gasteiger partial charge on any atom is 0.338 e. The maximum absolute atomic E-state index is 12.5. The normalized spacial score (nSPS) is 37.7. The lowest BCUT2D eigenvalue weighted by atomic mass is 9.90. The summed E-state index contributed by atoms with van der Waals surface area (Å²) >= 11 is 0. The summed E-state index contributed by atoms with van der Waals surface area (Å²) in [7, 11) is 0. The monoisotopic (exact) mass is 610 g/mol. The zero-order valence-corrected chi connectivity index (χ0v) is 22.7. The summed E-state index contributed by atoms with van der Waals surface area (Å²) in [4.78, 5) is 24.4. The van der Waals surface area contributed by atoms with Crippen LogP contribution in [0.4, 0.5) is 0 Å². The van der Waals surface area contributed by atoms with Crippen molar-refractivity contribution in [3.05, 3.63) is 58.9 Å². The van der Waals surface area contributed by atoms with Crippen molar-refractivity contribution in [1.82, 2.24) is 0 Å². The van der Waals surface area contributed by atoms with Crippen LogP contribution in [0.25, 0.3) is 0 Å². The molecular weight excluding hydrogens is 576 g/mol. The average molecular weight is 611 g/mol. The Morgan fingerprint density at radius 3 is 2.35 bits per heavy atom. The van der Waals surface area contributed by atoms with E-state index in [0.717, 1.165) is 6.26 Å². The first-order valence-electron chi connectivity index (χ1n) is 13.7. The van der Waals surface area contributed by atoms with Gasteiger partial charge in [0.25, 0.3) is 0 Å². The van der Waals surface area contributed by atoms with E-state index >= 15 is 0 Å². The second-order valence-corrected chi connectivity index (χ2v) is 10.7. The topological polar surface area (TPSA) is 231 Å². The van der Waals surface area contributed by atoms with Crippen LogP contribution in [0.2, 0.25) is 0 Å². The number of rotatable bonds is 9. The molecule has 2 saturated heterocycles. The van der Waals surface area contributed by atoms with Crippen molar-refractivity contribution >= 4 is 11.9 Å². The van der Waals surface area contributed by atoms with Crippen molar-refractivity contribution in [1.29, 1.82) is 0 Å². The molecule has 0 spiro atoms. The SMILES string of the molecule is O=C(O)C1=CO[C@@H](O[C@@H]2O[C@H](CO[C@H]3OC[C@H](O)[C@H](O)[C@@H]3O)[C@@H](O)[C@H](O)[C@H]2O)C2=C(COC(=O)c3ccccc3)CC[C@H]12. The molecule has 1 aliphatic carbocycles. The second-order valence-electron chi connectivity index (χ2n) is 10.7. The maximum atomic E-state index is 12.5. The van der Waals surface area contributed by atoms with Gasteiger partial charge in [-0.1, -0.05) is 18.2 Å². The highest BCUT2D eigenvalue weighted by molar-refractivity contribution is 5.89. The van der Waals surface area contributed by atoms with E-state index in [1.165, 1.54) is 0 Å². The van der Waals surface area contributed by atoms with Gasteiger partial charge in [-0.25, -0.2) is 9.59 Å². The van der Waals surface area contributed by atoms with E-state index in [0.29, 0.717) is 29.6 Å². The number of aliphatic hydroxyl groups is 6. The molecule has 4 aliphatic rings. The third-order valence-corrected chi connectivity index (χ3v) is 7.91. The molecule has 0 unspecified atom stereocenters. The number of hydrogen-bond acceptors (Lipinski definition) is 14. The molecule has 3 heterocycles. The zero-order chi connectivity index (χ0) is 30.8. The standard InChI is InChI=1S/C28H34O15/c29-16-10-40-27(22(33)19(16)30)41-11-17-20(31)21(32)23(34)28(42-17)43-26-18-13(6-7-14(18)15(9-39-26)24(35)36)8-38-25(37)12-4-2-1-3-5-12/h1-5,9,14,16-17,19-23,26-34H,6-8,10-11H2,(H,35,36)/t14-,16+,17-,19+,20-,21+,22+,23-,26+,27-,28+/m1/s1. The number of carboxylic acids is 1. The van der Waals surface area contributed by atoms with Crippen molar-refractivity contribution in [3.63, 3.8) is 0 Å². The quantitative estimate of drug-likeness (QED) is 0.120. The van der Waals surface area contributed by atoms with Crippen molar-refractivity contribution in [3.8, 4) is 0 Å². The highest BCUT2D eigenvalue weighted by atomic mass is 16.8. The van der Waals surface area contributed by atoms with Gasteiger partial charge in [-0.05, 0) is 30.5 Å². The van der Waals surface area contributed by atoms with Crippen LogP contribution in [0, 0.1) is 5.92 Å². The molecule has 236 valence electrons. The fourth-order valence-electron chi connectivity index (χ4n) is 5.48. The molecule has 15 heteroatoms. The molecular formula is C28H34O15. The van der Waals surface area contributed by atoms with Crippen molar-refractivity contribution in [2.45, 2.75) is 74.4 Å². The van der Waals surface area contributed by atoms with E-state index in [-0.39, 0.29) is 18.8 Å². The Kier molecular flexibility index (Phi) is 9.77. The number of aliphatic hydroxyl groups excluding tert-OH is 6. The Bertz CT molecular complexity index is 1220. The molecule has 0 bridgehead atoms. The van der Waals surface area contributed by atoms with Crippen LogP contribution in [0.3, 0.4) is 0 Å². The predicted octanol–water partition coefficient (Wildman–Crippen LogP) is -1.85. The Hall–Kier alpha value is -2.96. The Morgan fingerprint density at radius 1 is 0.907 bits per heavy atom. The number of carboxylic acid groups (broad SMARTS) is 1. The number of benzene rings is 1. The van der Waals surface area contributed by atoms with Gasteiger partial charge in [-0.2, -0.15) is 0 Å². The molecule has 0 aromatic heterocycles. The van der Waals surface area contributed by atoms with E-state index in [2.05, 4.69) is 0 Å². The van der Waals surface area contributed by atoms with E-state index < -0.39 is 86.1 Å². The first-order valence-corrected chi connectivity index (χ1v) is 13.7. The minimum atomic E-state index is -1.77. The van der Waals surface area contributed by atoms with Gasteiger partial charge < -0.3 is 64.2 Å². The Morgan fingerprint density at radius 2 is 1.63 bits per heavy atom. The van der Waals surface area contributed by atoms with Gasteiger partial charge in [0.2, 0.25) is 6.29 Å². The largest absolute Gasteiger partial charge is 0.478 e. The summed E-state index contributed by atoms with van der Waals surface area (Å²) in [5.74, 6) is -2.44. The van der Waals surface area contributed by atoms with Gasteiger partial charge in [0.05, 0.1) is 30.6 Å². The first kappa shape index (κ1) is 31.5. The van der Waals surface area contributed by atoms with Crippen molar-refractivity contribution in [2.24, 2.45) is 5.92 Å². The minimum absolute atomic E-state index is 0.0376. The molecule has 7 N–H and O–H groups in total. The van der Waals surface area contributed by atoms with E-state index in [1.54, 1.807) is 30.3 Å². The number of esters is 1. The van der Waals surface area contributed by atoms with Gasteiger partial charge in [-0.15, -0.1) is 0 Å². The average Bonchev–Trinajstić information content (AvgIpc) is 3.44. The molecule has 5 rings (SSSR count). The number of ether oxygens (including phenoxy) is 6. The second kappa shape index (κ2) is 13.4. The molecule has 11 atom stereocenters. The summed E-state index contributed by atoms with van der Waals surface area (Å²) in [5, 5.41) is 71.0. The molecule has 2 fully saturated rings. The van der Waals surface area contributed by atoms with Crippen LogP contribution >= 0.6 is 0 Å². The lowest BCUT2D eigenvalue weighted by Crippen LogP contribution is -2.61. The summed E-state index contributed by atoms with van der Waals surface area (Å²) < 4.78 is 33.2. The smallest absolute Gasteiger partial charge is 0.338 e. The molecule has 43 heavy (non-hydrogen) atoms. The van der Waals surface area contributed by atoms with Gasteiger partial charge in [0, 0.05) is 11.5 Å². The van der Waals surface area contributed by atoms with Crippen LogP contribution in [-0.2, 0) is 33.2 Å². The van der Waals surface area contributed by atoms with Gasteiger partial charge in [-0.3, -0.25) is 0 Å². The minimum Gasteiger partial charge on any atom is -0.478 e. The molecule has 0 radical (unpaired) electrons. The van der Waals surface area contributed by atoms with Crippen LogP contribution in [0.15, 0.2) is 53.3 Å². The summed E-state index contributed by atoms with van der Waals surface area (Å²) in [5.41, 5.74) is 1.22. The fourth-order valence-corrected chi connectivity index (χ4v) is 5.48. The van der Waals surface area contributed by atoms with Crippen LogP contribution in [0.1, 0.15) is 23.2 Å². The first-order chi connectivity index (χ1) is 20.6. The van der Waals surface area contributed by atoms with Crippen LogP contribution in [-0.4, -0.2) is 129 Å². The number of hydrogen-bond donors (Lipinski definition) is 7. The van der Waals surface area contributed by atoms with Gasteiger partial charge in [0.15, 0.2) is 12.6 Å². The van der Waals surface area contributed by atoms with E-state index in [1.807, 2.05) is 0 Å². The van der Waals surface area contributed by atoms with Crippen molar-refractivity contribution < 1.29 is 73.8 Å². The lowest BCUT2D eigenvalue weighted by molar-refractivity contribution is -0.339. The molecule has 3 aliphatic heterocycles. The summed E-state index contributed by atoms with van der Waals surface area (Å²) in [6.45, 7) is -0.990. The lowest BCUT2D eigenvalue weighted by Gasteiger charge is -2.42. The Balaban J connectivity index is 1.30. The van der Waals surface area contributed by atoms with Crippen LogP contribution < -0.4 is 0 Å². The molecule has 1 aromatic carbocycles. The van der Waals surface area contributed by atoms with Crippen molar-refractivity contribution in [2.75, 3.05) is 19.8 Å². The fraction of sp³-hybridized carbons (Fsp3) is 0.571. The number of fused-ring (bicyclic) bond motifs is 1. The highest BCUT2D eigenvalue weighted by Crippen LogP contribution is 2.44. The Labute approximate surface area is 245 Å². The third kappa shape index (κ3) is 6.61. The molecule has 15 nitrogen and oxygen atoms in total. The third-order valence-electron chi connectivity index (χ3n) is 7.91. The zero-order valence-electron chi connectivity index (χ0n) is 22.7. The number of carbonyl (C=O) groups is 2. The van der Waals surface area contributed by atoms with Gasteiger partial charge >= 0.3 is 11.9 Å². The van der Waals surface area contributed by atoms with E-state index in [9.17, 15) is 45.3 Å². The summed E-state index contributed by atoms with van der Waals surface area (Å²) in [6.07, 6.45) is -13.5. The molecule has 1 aromatic rings. The molecule has 0 saturated carbocycles.